The Kier molecular flexibility index (Phi) is 4.90. The molecule has 1 aliphatic heterocycles. The number of allylic oxidation sites excluding steroid dienone is 2. The summed E-state index contributed by atoms with van der Waals surface area (Å²) in [4.78, 5) is 31.6. The number of Topliss-reactive ketones (excluding diaryl/α,β-unsaturated/α-hetero) is 1. The molecule has 0 amide bonds. The van der Waals surface area contributed by atoms with Gasteiger partial charge in [0.25, 0.3) is 5.56 Å². The summed E-state index contributed by atoms with van der Waals surface area (Å²) in [7, 11) is 1.60. The van der Waals surface area contributed by atoms with Gasteiger partial charge in [-0.15, -0.1) is 0 Å². The molecule has 6 nitrogen and oxygen atoms in total. The molecule has 3 heterocycles. The highest BCUT2D eigenvalue weighted by molar-refractivity contribution is 7.07. The van der Waals surface area contributed by atoms with Crippen molar-refractivity contribution in [3.05, 3.63) is 97.1 Å². The number of nitrogens with zero attached hydrogens (tertiary/aromatic N) is 2. The van der Waals surface area contributed by atoms with Gasteiger partial charge < -0.3 is 9.15 Å². The van der Waals surface area contributed by atoms with E-state index in [9.17, 15) is 9.59 Å². The first-order valence-electron chi connectivity index (χ1n) is 10.1. The molecule has 7 heteroatoms. The van der Waals surface area contributed by atoms with Crippen molar-refractivity contribution < 1.29 is 13.9 Å². The summed E-state index contributed by atoms with van der Waals surface area (Å²) in [5, 5.41) is 1.92. The molecular formula is C25H20N2O4S. The smallest absolute Gasteiger partial charge is 0.271 e. The Morgan fingerprint density at radius 3 is 2.72 bits per heavy atom. The van der Waals surface area contributed by atoms with Crippen LogP contribution in [0.15, 0.2) is 80.3 Å². The first-order chi connectivity index (χ1) is 15.5. The number of thiazole rings is 1. The van der Waals surface area contributed by atoms with Crippen molar-refractivity contribution in [1.82, 2.24) is 4.57 Å². The number of aromatic nitrogens is 1. The van der Waals surface area contributed by atoms with Crippen molar-refractivity contribution >= 4 is 34.0 Å². The van der Waals surface area contributed by atoms with Crippen LogP contribution in [0.5, 0.6) is 5.75 Å². The molecule has 0 radical (unpaired) electrons. The van der Waals surface area contributed by atoms with Crippen LogP contribution in [-0.2, 0) is 4.79 Å². The van der Waals surface area contributed by atoms with Crippen molar-refractivity contribution in [2.75, 3.05) is 7.11 Å². The zero-order valence-corrected chi connectivity index (χ0v) is 18.6. The third-order valence-corrected chi connectivity index (χ3v) is 6.62. The number of rotatable bonds is 4. The third-order valence-electron chi connectivity index (χ3n) is 5.64. The highest BCUT2D eigenvalue weighted by Gasteiger charge is 2.33. The number of ketones is 1. The Hall–Kier alpha value is -3.71. The lowest BCUT2D eigenvalue weighted by Crippen LogP contribution is -2.39. The molecule has 0 spiro atoms. The summed E-state index contributed by atoms with van der Waals surface area (Å²) in [5.41, 5.74) is 1.63. The van der Waals surface area contributed by atoms with Crippen LogP contribution in [0.3, 0.4) is 0 Å². The SMILES string of the molecule is COc1ccc2ccccc2c1[C@@H]1C(C(C)=O)=C(C)N=c2sc(=Cc3ccco3)c(=O)n21. The molecule has 1 atom stereocenters. The monoisotopic (exact) mass is 444 g/mol. The second-order valence-corrected chi connectivity index (χ2v) is 8.57. The van der Waals surface area contributed by atoms with E-state index in [0.29, 0.717) is 32.1 Å². The fourth-order valence-corrected chi connectivity index (χ4v) is 5.31. The summed E-state index contributed by atoms with van der Waals surface area (Å²) in [6, 6.07) is 14.6. The molecule has 4 aromatic rings. The van der Waals surface area contributed by atoms with Crippen molar-refractivity contribution in [3.63, 3.8) is 0 Å². The molecule has 0 saturated heterocycles. The maximum Gasteiger partial charge on any atom is 0.271 e. The minimum Gasteiger partial charge on any atom is -0.496 e. The minimum atomic E-state index is -0.649. The molecule has 1 aliphatic rings. The molecule has 160 valence electrons. The number of fused-ring (bicyclic) bond motifs is 2. The van der Waals surface area contributed by atoms with E-state index < -0.39 is 6.04 Å². The molecule has 2 aromatic carbocycles. The zero-order chi connectivity index (χ0) is 22.4. The quantitative estimate of drug-likeness (QED) is 0.482. The first-order valence-corrected chi connectivity index (χ1v) is 10.9. The van der Waals surface area contributed by atoms with Crippen LogP contribution >= 0.6 is 11.3 Å². The second kappa shape index (κ2) is 7.76. The average Bonchev–Trinajstić information content (AvgIpc) is 3.40. The van der Waals surface area contributed by atoms with E-state index in [-0.39, 0.29) is 11.3 Å². The molecular weight excluding hydrogens is 424 g/mol. The van der Waals surface area contributed by atoms with Crippen LogP contribution in [0.1, 0.15) is 31.2 Å². The molecule has 0 aliphatic carbocycles. The molecule has 0 fully saturated rings. The van der Waals surface area contributed by atoms with Crippen LogP contribution < -0.4 is 19.6 Å². The number of ether oxygens (including phenoxy) is 1. The number of carbonyl (C=O) groups is 1. The lowest BCUT2D eigenvalue weighted by atomic mass is 9.89. The Bertz CT molecular complexity index is 1570. The van der Waals surface area contributed by atoms with Gasteiger partial charge in [0.2, 0.25) is 0 Å². The zero-order valence-electron chi connectivity index (χ0n) is 17.8. The molecule has 0 saturated carbocycles. The Morgan fingerprint density at radius 2 is 2.00 bits per heavy atom. The number of benzene rings is 2. The van der Waals surface area contributed by atoms with Gasteiger partial charge in [-0.05, 0) is 42.8 Å². The third kappa shape index (κ3) is 3.13. The maximum absolute atomic E-state index is 13.6. The van der Waals surface area contributed by atoms with Gasteiger partial charge in [-0.2, -0.15) is 0 Å². The fourth-order valence-electron chi connectivity index (χ4n) is 4.28. The number of methoxy groups -OCH3 is 1. The van der Waals surface area contributed by atoms with Crippen LogP contribution in [0.2, 0.25) is 0 Å². The molecule has 0 N–H and O–H groups in total. The predicted molar refractivity (Wildman–Crippen MR) is 124 cm³/mol. The van der Waals surface area contributed by atoms with Crippen molar-refractivity contribution in [2.24, 2.45) is 4.99 Å². The first kappa shape index (κ1) is 20.2. The average molecular weight is 445 g/mol. The normalized spacial score (nSPS) is 16.2. The van der Waals surface area contributed by atoms with E-state index in [4.69, 9.17) is 9.15 Å². The second-order valence-electron chi connectivity index (χ2n) is 7.56. The van der Waals surface area contributed by atoms with Gasteiger partial charge in [-0.1, -0.05) is 41.7 Å². The van der Waals surface area contributed by atoms with E-state index >= 15 is 0 Å². The van der Waals surface area contributed by atoms with Gasteiger partial charge in [0.1, 0.15) is 11.5 Å². The van der Waals surface area contributed by atoms with Gasteiger partial charge in [0.05, 0.1) is 23.9 Å². The van der Waals surface area contributed by atoms with E-state index in [1.807, 2.05) is 43.3 Å². The highest BCUT2D eigenvalue weighted by atomic mass is 32.1. The van der Waals surface area contributed by atoms with Crippen molar-refractivity contribution in [2.45, 2.75) is 19.9 Å². The summed E-state index contributed by atoms with van der Waals surface area (Å²) < 4.78 is 13.2. The number of furan rings is 1. The van der Waals surface area contributed by atoms with Gasteiger partial charge in [-0.3, -0.25) is 14.2 Å². The van der Waals surface area contributed by atoms with E-state index in [0.717, 1.165) is 16.3 Å². The molecule has 0 unspecified atom stereocenters. The van der Waals surface area contributed by atoms with Gasteiger partial charge >= 0.3 is 0 Å². The molecule has 32 heavy (non-hydrogen) atoms. The largest absolute Gasteiger partial charge is 0.496 e. The Morgan fingerprint density at radius 1 is 1.19 bits per heavy atom. The van der Waals surface area contributed by atoms with Gasteiger partial charge in [-0.25, -0.2) is 4.99 Å². The Labute approximate surface area is 187 Å². The van der Waals surface area contributed by atoms with Crippen molar-refractivity contribution in [3.8, 4) is 5.75 Å². The van der Waals surface area contributed by atoms with Crippen LogP contribution in [0, 0.1) is 0 Å². The van der Waals surface area contributed by atoms with E-state index in [1.165, 1.54) is 18.3 Å². The Balaban J connectivity index is 1.89. The number of hydrogen-bond donors (Lipinski definition) is 0. The highest BCUT2D eigenvalue weighted by Crippen LogP contribution is 2.40. The molecule has 0 bridgehead atoms. The van der Waals surface area contributed by atoms with Crippen LogP contribution in [-0.4, -0.2) is 17.5 Å². The van der Waals surface area contributed by atoms with E-state index in [1.54, 1.807) is 36.1 Å². The van der Waals surface area contributed by atoms with Gasteiger partial charge in [0, 0.05) is 22.9 Å². The summed E-state index contributed by atoms with van der Waals surface area (Å²) in [6.07, 6.45) is 3.26. The standard InChI is InChI=1S/C25H20N2O4S/c1-14-21(15(2)28)23(22-18-9-5-4-7-16(18)10-11-19(22)30-3)27-24(29)20(32-25(27)26-14)13-17-8-6-12-31-17/h4-13,23H,1-3H3/t23-/m0/s1. The topological polar surface area (TPSA) is 73.8 Å². The molecule has 2 aromatic heterocycles. The van der Waals surface area contributed by atoms with Gasteiger partial charge in [0.15, 0.2) is 10.6 Å². The lowest BCUT2D eigenvalue weighted by Gasteiger charge is -2.27. The fraction of sp³-hybridized carbons (Fsp3) is 0.160. The van der Waals surface area contributed by atoms with E-state index in [2.05, 4.69) is 4.99 Å². The summed E-state index contributed by atoms with van der Waals surface area (Å²) in [6.45, 7) is 3.32. The van der Waals surface area contributed by atoms with Crippen LogP contribution in [0.4, 0.5) is 0 Å². The summed E-state index contributed by atoms with van der Waals surface area (Å²) >= 11 is 1.28. The predicted octanol–water partition coefficient (Wildman–Crippen LogP) is 3.58. The van der Waals surface area contributed by atoms with Crippen LogP contribution in [0.25, 0.3) is 16.8 Å². The lowest BCUT2D eigenvalue weighted by molar-refractivity contribution is -0.114. The molecule has 5 rings (SSSR count). The van der Waals surface area contributed by atoms with Crippen molar-refractivity contribution in [1.29, 1.82) is 0 Å². The number of hydrogen-bond acceptors (Lipinski definition) is 6. The summed E-state index contributed by atoms with van der Waals surface area (Å²) in [5.74, 6) is 1.06. The maximum atomic E-state index is 13.6. The minimum absolute atomic E-state index is 0.133. The number of carbonyl (C=O) groups excluding carboxylic acids is 1.